The SMILES string of the molecule is COc1cc2[nH]c(-c3ccccc3)cc(=O)c2cc1/C=C/CCCCOC(C)=O. The number of unbranched alkanes of at least 4 members (excludes halogenated alkanes) is 2. The van der Waals surface area contributed by atoms with Gasteiger partial charge in [0.1, 0.15) is 5.75 Å². The fourth-order valence-corrected chi connectivity index (χ4v) is 3.16. The van der Waals surface area contributed by atoms with Crippen LogP contribution in [0.5, 0.6) is 5.75 Å². The van der Waals surface area contributed by atoms with Crippen molar-refractivity contribution >= 4 is 22.9 Å². The predicted molar refractivity (Wildman–Crippen MR) is 116 cm³/mol. The zero-order valence-electron chi connectivity index (χ0n) is 16.7. The Bertz CT molecular complexity index is 1070. The first-order chi connectivity index (χ1) is 14.1. The quantitative estimate of drug-likeness (QED) is 0.436. The van der Waals surface area contributed by atoms with Crippen LogP contribution in [-0.2, 0) is 9.53 Å². The molecule has 0 spiro atoms. The summed E-state index contributed by atoms with van der Waals surface area (Å²) in [5.41, 5.74) is 3.31. The zero-order chi connectivity index (χ0) is 20.6. The number of hydrogen-bond acceptors (Lipinski definition) is 4. The molecule has 5 heteroatoms. The Morgan fingerprint density at radius 1 is 1.10 bits per heavy atom. The molecule has 0 fully saturated rings. The van der Waals surface area contributed by atoms with E-state index < -0.39 is 0 Å². The van der Waals surface area contributed by atoms with E-state index in [0.717, 1.165) is 41.6 Å². The van der Waals surface area contributed by atoms with E-state index in [1.54, 1.807) is 13.2 Å². The number of rotatable bonds is 8. The average molecular weight is 391 g/mol. The van der Waals surface area contributed by atoms with Gasteiger partial charge in [-0.05, 0) is 30.9 Å². The van der Waals surface area contributed by atoms with Crippen LogP contribution in [0.2, 0.25) is 0 Å². The number of H-pyrrole nitrogens is 1. The number of methoxy groups -OCH3 is 1. The molecule has 3 aromatic rings. The molecule has 1 N–H and O–H groups in total. The summed E-state index contributed by atoms with van der Waals surface area (Å²) in [6.45, 7) is 1.86. The molecule has 1 aromatic heterocycles. The molecule has 0 saturated heterocycles. The number of aromatic amines is 1. The van der Waals surface area contributed by atoms with E-state index >= 15 is 0 Å². The van der Waals surface area contributed by atoms with Crippen molar-refractivity contribution in [2.75, 3.05) is 13.7 Å². The van der Waals surface area contributed by atoms with E-state index in [9.17, 15) is 9.59 Å². The molecule has 1 heterocycles. The number of nitrogens with one attached hydrogen (secondary N) is 1. The lowest BCUT2D eigenvalue weighted by Crippen LogP contribution is -2.04. The van der Waals surface area contributed by atoms with Crippen LogP contribution in [0.15, 0.2) is 59.4 Å². The van der Waals surface area contributed by atoms with Crippen molar-refractivity contribution in [1.82, 2.24) is 4.98 Å². The summed E-state index contributed by atoms with van der Waals surface area (Å²) < 4.78 is 10.5. The summed E-state index contributed by atoms with van der Waals surface area (Å²) >= 11 is 0. The molecule has 0 amide bonds. The number of carbonyl (C=O) groups excluding carboxylic acids is 1. The maximum absolute atomic E-state index is 12.7. The largest absolute Gasteiger partial charge is 0.496 e. The third-order valence-electron chi connectivity index (χ3n) is 4.63. The highest BCUT2D eigenvalue weighted by atomic mass is 16.5. The second-order valence-corrected chi connectivity index (χ2v) is 6.79. The number of carbonyl (C=O) groups is 1. The number of allylic oxidation sites excluding steroid dienone is 1. The van der Waals surface area contributed by atoms with Gasteiger partial charge in [0.15, 0.2) is 5.43 Å². The lowest BCUT2D eigenvalue weighted by atomic mass is 10.1. The smallest absolute Gasteiger partial charge is 0.302 e. The third kappa shape index (κ3) is 5.35. The number of esters is 1. The van der Waals surface area contributed by atoms with Crippen LogP contribution in [0.1, 0.15) is 31.7 Å². The van der Waals surface area contributed by atoms with Crippen molar-refractivity contribution < 1.29 is 14.3 Å². The van der Waals surface area contributed by atoms with Gasteiger partial charge in [-0.25, -0.2) is 0 Å². The number of benzene rings is 2. The number of fused-ring (bicyclic) bond motifs is 1. The van der Waals surface area contributed by atoms with Gasteiger partial charge in [0.05, 0.1) is 19.2 Å². The van der Waals surface area contributed by atoms with Crippen molar-refractivity contribution in [2.45, 2.75) is 26.2 Å². The minimum Gasteiger partial charge on any atom is -0.496 e. The van der Waals surface area contributed by atoms with Gasteiger partial charge in [-0.3, -0.25) is 9.59 Å². The predicted octanol–water partition coefficient (Wildman–Crippen LogP) is 4.95. The molecule has 0 radical (unpaired) electrons. The standard InChI is InChI=1S/C24H25NO4/c1-17(26)29-13-9-4-3-6-12-19-14-20-22(16-24(19)28-2)25-21(15-23(20)27)18-10-7-5-8-11-18/h5-8,10-12,14-16H,3-4,9,13H2,1-2H3,(H,25,27)/b12-6+. The van der Waals surface area contributed by atoms with Crippen molar-refractivity contribution in [3.05, 3.63) is 70.4 Å². The van der Waals surface area contributed by atoms with Crippen LogP contribution in [0.3, 0.4) is 0 Å². The molecule has 3 rings (SSSR count). The molecule has 0 aliphatic carbocycles. The highest BCUT2D eigenvalue weighted by Gasteiger charge is 2.09. The molecule has 2 aromatic carbocycles. The molecular weight excluding hydrogens is 366 g/mol. The zero-order valence-corrected chi connectivity index (χ0v) is 16.7. The molecular formula is C24H25NO4. The first-order valence-electron chi connectivity index (χ1n) is 9.69. The molecule has 0 atom stereocenters. The Kier molecular flexibility index (Phi) is 6.85. The summed E-state index contributed by atoms with van der Waals surface area (Å²) in [4.78, 5) is 26.8. The summed E-state index contributed by atoms with van der Waals surface area (Å²) in [6.07, 6.45) is 6.60. The van der Waals surface area contributed by atoms with E-state index in [1.807, 2.05) is 54.6 Å². The van der Waals surface area contributed by atoms with Gasteiger partial charge in [0.25, 0.3) is 0 Å². The molecule has 0 unspecified atom stereocenters. The Labute approximate surface area is 170 Å². The molecule has 5 nitrogen and oxygen atoms in total. The van der Waals surface area contributed by atoms with Gasteiger partial charge in [0, 0.05) is 35.7 Å². The Balaban J connectivity index is 1.80. The van der Waals surface area contributed by atoms with Crippen LogP contribution >= 0.6 is 0 Å². The Morgan fingerprint density at radius 2 is 1.90 bits per heavy atom. The average Bonchev–Trinajstić information content (AvgIpc) is 2.73. The Hall–Kier alpha value is -3.34. The van der Waals surface area contributed by atoms with Crippen LogP contribution in [-0.4, -0.2) is 24.7 Å². The first-order valence-corrected chi connectivity index (χ1v) is 9.69. The number of hydrogen-bond donors (Lipinski definition) is 1. The summed E-state index contributed by atoms with van der Waals surface area (Å²) in [5.74, 6) is 0.455. The summed E-state index contributed by atoms with van der Waals surface area (Å²) in [6, 6.07) is 15.1. The number of pyridine rings is 1. The van der Waals surface area contributed by atoms with Crippen molar-refractivity contribution in [2.24, 2.45) is 0 Å². The first kappa shape index (κ1) is 20.4. The van der Waals surface area contributed by atoms with Crippen molar-refractivity contribution in [3.63, 3.8) is 0 Å². The van der Waals surface area contributed by atoms with Crippen LogP contribution in [0, 0.1) is 0 Å². The van der Waals surface area contributed by atoms with Gasteiger partial charge in [-0.2, -0.15) is 0 Å². The molecule has 29 heavy (non-hydrogen) atoms. The van der Waals surface area contributed by atoms with Crippen LogP contribution in [0.4, 0.5) is 0 Å². The molecule has 0 aliphatic heterocycles. The third-order valence-corrected chi connectivity index (χ3v) is 4.63. The molecule has 0 aliphatic rings. The topological polar surface area (TPSA) is 68.4 Å². The van der Waals surface area contributed by atoms with Gasteiger partial charge in [-0.1, -0.05) is 42.5 Å². The van der Waals surface area contributed by atoms with E-state index in [1.165, 1.54) is 6.92 Å². The summed E-state index contributed by atoms with van der Waals surface area (Å²) in [7, 11) is 1.62. The van der Waals surface area contributed by atoms with Crippen molar-refractivity contribution in [3.8, 4) is 17.0 Å². The minimum absolute atomic E-state index is 0.0312. The molecule has 150 valence electrons. The monoisotopic (exact) mass is 391 g/mol. The highest BCUT2D eigenvalue weighted by molar-refractivity contribution is 5.86. The lowest BCUT2D eigenvalue weighted by molar-refractivity contribution is -0.141. The van der Waals surface area contributed by atoms with E-state index in [0.29, 0.717) is 17.7 Å². The normalized spacial score (nSPS) is 11.1. The fourth-order valence-electron chi connectivity index (χ4n) is 3.16. The molecule has 0 saturated carbocycles. The van der Waals surface area contributed by atoms with Gasteiger partial charge < -0.3 is 14.5 Å². The van der Waals surface area contributed by atoms with Gasteiger partial charge in [0.2, 0.25) is 0 Å². The van der Waals surface area contributed by atoms with Crippen LogP contribution < -0.4 is 10.2 Å². The van der Waals surface area contributed by atoms with Gasteiger partial charge in [-0.15, -0.1) is 0 Å². The number of ether oxygens (including phenoxy) is 2. The second kappa shape index (κ2) is 9.73. The van der Waals surface area contributed by atoms with E-state index in [4.69, 9.17) is 9.47 Å². The van der Waals surface area contributed by atoms with E-state index in [2.05, 4.69) is 4.98 Å². The van der Waals surface area contributed by atoms with Gasteiger partial charge >= 0.3 is 5.97 Å². The van der Waals surface area contributed by atoms with Crippen molar-refractivity contribution in [1.29, 1.82) is 0 Å². The second-order valence-electron chi connectivity index (χ2n) is 6.79. The maximum atomic E-state index is 12.7. The lowest BCUT2D eigenvalue weighted by Gasteiger charge is -2.09. The van der Waals surface area contributed by atoms with E-state index in [-0.39, 0.29) is 11.4 Å². The Morgan fingerprint density at radius 3 is 2.62 bits per heavy atom. The highest BCUT2D eigenvalue weighted by Crippen LogP contribution is 2.26. The number of aromatic nitrogens is 1. The summed E-state index contributed by atoms with van der Waals surface area (Å²) in [5, 5.41) is 0.625. The fraction of sp³-hybridized carbons (Fsp3) is 0.250. The maximum Gasteiger partial charge on any atom is 0.302 e. The minimum atomic E-state index is -0.248. The molecule has 0 bridgehead atoms. The van der Waals surface area contributed by atoms with Crippen LogP contribution in [0.25, 0.3) is 28.2 Å².